The molecule has 2 aromatic heterocycles. The average Bonchev–Trinajstić information content (AvgIpc) is 2.64. The number of nitrogens with two attached hydrogens (primary N) is 1. The number of nitrogen functional groups attached to an aromatic ring is 1. The molecule has 0 aromatic carbocycles. The van der Waals surface area contributed by atoms with Crippen molar-refractivity contribution in [2.24, 2.45) is 0 Å². The molecule has 0 radical (unpaired) electrons. The molecule has 0 aliphatic rings. The number of hydrogen-bond acceptors (Lipinski definition) is 5. The van der Waals surface area contributed by atoms with E-state index < -0.39 is 0 Å². The normalized spacial score (nSPS) is 10.6. The zero-order valence-electron chi connectivity index (χ0n) is 8.61. The summed E-state index contributed by atoms with van der Waals surface area (Å²) < 4.78 is 4.98. The number of hydrogen-bond donors (Lipinski definition) is 1. The van der Waals surface area contributed by atoms with Crippen LogP contribution in [-0.4, -0.2) is 17.1 Å². The van der Waals surface area contributed by atoms with Crippen LogP contribution in [0, 0.1) is 0 Å². The molecule has 2 rings (SSSR count). The summed E-state index contributed by atoms with van der Waals surface area (Å²) in [7, 11) is 1.59. The third kappa shape index (κ3) is 2.32. The Morgan fingerprint density at radius 2 is 2.31 bits per heavy atom. The highest BCUT2D eigenvalue weighted by molar-refractivity contribution is 7.14. The standard InChI is InChI=1S/C10H10ClN3OS/c1-15-5-9-13-7(4-8(12)14-9)10-6(11)2-3-16-10/h2-4H,5H2,1H3,(H2,12,13,14). The van der Waals surface area contributed by atoms with E-state index in [4.69, 9.17) is 22.1 Å². The first-order valence-electron chi connectivity index (χ1n) is 4.56. The first-order chi connectivity index (χ1) is 7.70. The molecule has 0 spiro atoms. The van der Waals surface area contributed by atoms with E-state index in [-0.39, 0.29) is 0 Å². The van der Waals surface area contributed by atoms with Crippen molar-refractivity contribution < 1.29 is 4.74 Å². The summed E-state index contributed by atoms with van der Waals surface area (Å²) in [5.41, 5.74) is 6.44. The highest BCUT2D eigenvalue weighted by Crippen LogP contribution is 2.32. The monoisotopic (exact) mass is 255 g/mol. The van der Waals surface area contributed by atoms with Crippen molar-refractivity contribution in [2.75, 3.05) is 12.8 Å². The maximum atomic E-state index is 6.03. The maximum absolute atomic E-state index is 6.03. The van der Waals surface area contributed by atoms with Crippen LogP contribution in [0.25, 0.3) is 10.6 Å². The largest absolute Gasteiger partial charge is 0.384 e. The molecular weight excluding hydrogens is 246 g/mol. The minimum Gasteiger partial charge on any atom is -0.384 e. The lowest BCUT2D eigenvalue weighted by atomic mass is 10.3. The second-order valence-corrected chi connectivity index (χ2v) is 4.45. The summed E-state index contributed by atoms with van der Waals surface area (Å²) in [5, 5.41) is 2.58. The van der Waals surface area contributed by atoms with Gasteiger partial charge < -0.3 is 10.5 Å². The molecule has 4 nitrogen and oxygen atoms in total. The van der Waals surface area contributed by atoms with Gasteiger partial charge in [0.2, 0.25) is 0 Å². The molecule has 84 valence electrons. The van der Waals surface area contributed by atoms with Crippen molar-refractivity contribution in [3.05, 3.63) is 28.4 Å². The lowest BCUT2D eigenvalue weighted by molar-refractivity contribution is 0.178. The van der Waals surface area contributed by atoms with E-state index in [0.29, 0.717) is 23.3 Å². The number of anilines is 1. The molecule has 16 heavy (non-hydrogen) atoms. The zero-order valence-corrected chi connectivity index (χ0v) is 10.2. The Morgan fingerprint density at radius 3 is 2.94 bits per heavy atom. The predicted octanol–water partition coefficient (Wildman–Crippen LogP) is 2.59. The number of thiophene rings is 1. The smallest absolute Gasteiger partial charge is 0.157 e. The van der Waals surface area contributed by atoms with Gasteiger partial charge in [-0.15, -0.1) is 11.3 Å². The molecular formula is C10H10ClN3OS. The Hall–Kier alpha value is -1.17. The van der Waals surface area contributed by atoms with Crippen LogP contribution in [0.4, 0.5) is 5.82 Å². The van der Waals surface area contributed by atoms with Crippen LogP contribution in [0.1, 0.15) is 5.82 Å². The van der Waals surface area contributed by atoms with Gasteiger partial charge in [0, 0.05) is 13.2 Å². The Morgan fingerprint density at radius 1 is 1.50 bits per heavy atom. The number of rotatable bonds is 3. The Labute approximate surface area is 102 Å². The minimum absolute atomic E-state index is 0.334. The van der Waals surface area contributed by atoms with Crippen molar-refractivity contribution in [3.63, 3.8) is 0 Å². The number of methoxy groups -OCH3 is 1. The molecule has 6 heteroatoms. The second kappa shape index (κ2) is 4.78. The van der Waals surface area contributed by atoms with Crippen molar-refractivity contribution in [1.29, 1.82) is 0 Å². The molecule has 2 heterocycles. The summed E-state index contributed by atoms with van der Waals surface area (Å²) in [6.45, 7) is 0.334. The summed E-state index contributed by atoms with van der Waals surface area (Å²) in [6, 6.07) is 3.53. The van der Waals surface area contributed by atoms with Crippen molar-refractivity contribution in [2.45, 2.75) is 6.61 Å². The van der Waals surface area contributed by atoms with E-state index in [0.717, 1.165) is 10.6 Å². The van der Waals surface area contributed by atoms with Gasteiger partial charge in [0.15, 0.2) is 5.82 Å². The number of aromatic nitrogens is 2. The van der Waals surface area contributed by atoms with Crippen molar-refractivity contribution in [3.8, 4) is 10.6 Å². The molecule has 2 N–H and O–H groups in total. The fourth-order valence-corrected chi connectivity index (χ4v) is 2.42. The quantitative estimate of drug-likeness (QED) is 0.916. The highest BCUT2D eigenvalue weighted by atomic mass is 35.5. The fraction of sp³-hybridized carbons (Fsp3) is 0.200. The topological polar surface area (TPSA) is 61.0 Å². The highest BCUT2D eigenvalue weighted by Gasteiger charge is 2.09. The van der Waals surface area contributed by atoms with E-state index in [2.05, 4.69) is 9.97 Å². The minimum atomic E-state index is 0.334. The summed E-state index contributed by atoms with van der Waals surface area (Å²) in [5.74, 6) is 0.975. The van der Waals surface area contributed by atoms with E-state index in [9.17, 15) is 0 Å². The summed E-state index contributed by atoms with van der Waals surface area (Å²) in [6.07, 6.45) is 0. The average molecular weight is 256 g/mol. The van der Waals surface area contributed by atoms with Crippen molar-refractivity contribution >= 4 is 28.8 Å². The molecule has 0 unspecified atom stereocenters. The van der Waals surface area contributed by atoms with Gasteiger partial charge in [0.05, 0.1) is 15.6 Å². The van der Waals surface area contributed by atoms with Gasteiger partial charge >= 0.3 is 0 Å². The molecule has 0 amide bonds. The van der Waals surface area contributed by atoms with E-state index in [1.54, 1.807) is 13.2 Å². The predicted molar refractivity (Wildman–Crippen MR) is 65.5 cm³/mol. The summed E-state index contributed by atoms with van der Waals surface area (Å²) in [4.78, 5) is 9.30. The van der Waals surface area contributed by atoms with Crippen LogP contribution in [0.15, 0.2) is 17.5 Å². The lowest BCUT2D eigenvalue weighted by Crippen LogP contribution is -2.01. The van der Waals surface area contributed by atoms with Crippen LogP contribution < -0.4 is 5.73 Å². The zero-order chi connectivity index (χ0) is 11.5. The maximum Gasteiger partial charge on any atom is 0.157 e. The van der Waals surface area contributed by atoms with Gasteiger partial charge in [0.25, 0.3) is 0 Å². The molecule has 0 atom stereocenters. The van der Waals surface area contributed by atoms with Crippen LogP contribution >= 0.6 is 22.9 Å². The number of halogens is 1. The van der Waals surface area contributed by atoms with E-state index in [1.165, 1.54) is 11.3 Å². The van der Waals surface area contributed by atoms with Gasteiger partial charge in [-0.1, -0.05) is 11.6 Å². The van der Waals surface area contributed by atoms with Crippen molar-refractivity contribution in [1.82, 2.24) is 9.97 Å². The summed E-state index contributed by atoms with van der Waals surface area (Å²) >= 11 is 7.55. The Kier molecular flexibility index (Phi) is 3.38. The van der Waals surface area contributed by atoms with E-state index >= 15 is 0 Å². The Balaban J connectivity index is 2.45. The third-order valence-electron chi connectivity index (χ3n) is 1.92. The third-order valence-corrected chi connectivity index (χ3v) is 3.28. The second-order valence-electron chi connectivity index (χ2n) is 3.12. The first-order valence-corrected chi connectivity index (χ1v) is 5.82. The van der Waals surface area contributed by atoms with E-state index in [1.807, 2.05) is 11.4 Å². The van der Waals surface area contributed by atoms with Gasteiger partial charge in [-0.25, -0.2) is 9.97 Å². The van der Waals surface area contributed by atoms with Crippen LogP contribution in [0.5, 0.6) is 0 Å². The molecule has 0 bridgehead atoms. The molecule has 0 saturated carbocycles. The van der Waals surface area contributed by atoms with Gasteiger partial charge in [-0.3, -0.25) is 0 Å². The van der Waals surface area contributed by atoms with Crippen LogP contribution in [0.3, 0.4) is 0 Å². The van der Waals surface area contributed by atoms with Gasteiger partial charge in [0.1, 0.15) is 12.4 Å². The molecule has 0 saturated heterocycles. The van der Waals surface area contributed by atoms with Crippen LogP contribution in [0.2, 0.25) is 5.02 Å². The lowest BCUT2D eigenvalue weighted by Gasteiger charge is -2.04. The first kappa shape index (κ1) is 11.3. The number of ether oxygens (including phenoxy) is 1. The van der Waals surface area contributed by atoms with Gasteiger partial charge in [-0.2, -0.15) is 0 Å². The molecule has 0 aliphatic heterocycles. The fourth-order valence-electron chi connectivity index (χ4n) is 1.30. The molecule has 0 fully saturated rings. The SMILES string of the molecule is COCc1nc(N)cc(-c2sccc2Cl)n1. The molecule has 2 aromatic rings. The van der Waals surface area contributed by atoms with Crippen LogP contribution in [-0.2, 0) is 11.3 Å². The Bertz CT molecular complexity index is 501. The number of nitrogens with zero attached hydrogens (tertiary/aromatic N) is 2. The molecule has 0 aliphatic carbocycles. The van der Waals surface area contributed by atoms with Gasteiger partial charge in [-0.05, 0) is 11.4 Å².